The molecule has 24 atom stereocenters. The SMILES string of the molecule is C.C.C.CCO.CCOC(=O)c1cnn(CC(=O)[C@H]2CC[C@H]3[C@@H]4CC[C@H]5C[C@@](O)(COC)CC[C@]5(C)[C@H]4CC[C@]23C)c1.CCc1cn[nH]c1.COC[C@@]1(O)CC[C@@]2(C)[C@@H](CC[C@@H]3[C@@H]2CC[C@]2(C)[C@@H](C(=O)CBr)CC[C@@H]32)C1.COC[C@@]1(O)CC[C@@]2(C)[C@@H](CC[C@@H]3[C@@H]2CC[C@]2(C)[C@@H](C(=O)Cn4cc(C(=O)O)cn4)CC[C@@H]32)C1.O=C=O.[Li+].[OH-]. The van der Waals surface area contributed by atoms with Crippen LogP contribution >= 0.6 is 15.9 Å². The Labute approximate surface area is 708 Å². The number of rotatable bonds is 18. The number of aromatic amines is 1. The van der Waals surface area contributed by atoms with Crippen LogP contribution in [0.25, 0.3) is 0 Å². The van der Waals surface area contributed by atoms with Gasteiger partial charge >= 0.3 is 37.0 Å². The molecule has 12 aliphatic carbocycles. The molecule has 0 saturated heterocycles. The van der Waals surface area contributed by atoms with Gasteiger partial charge in [-0.2, -0.15) is 24.9 Å². The van der Waals surface area contributed by atoms with Gasteiger partial charge in [-0.25, -0.2) is 9.59 Å². The minimum Gasteiger partial charge on any atom is -0.870 e. The quantitative estimate of drug-likeness (QED) is 0.0391. The van der Waals surface area contributed by atoms with Gasteiger partial charge in [0.15, 0.2) is 11.6 Å². The van der Waals surface area contributed by atoms with Gasteiger partial charge in [0.25, 0.3) is 0 Å². The average molecular weight is 1670 g/mol. The summed E-state index contributed by atoms with van der Waals surface area (Å²) in [5, 5.41) is 65.2. The summed E-state index contributed by atoms with van der Waals surface area (Å²) in [6.07, 6.45) is 40.2. The number of ketones is 3. The second-order valence-electron chi connectivity index (χ2n) is 37.8. The van der Waals surface area contributed by atoms with E-state index in [0.29, 0.717) is 102 Å². The number of aryl methyl sites for hydroxylation is 1. The standard InChI is InChI=1S/C29H44N2O5.C27H40N2O5.C23H37BrO3.C5H8N2.C2H6O.CO2.3CH4.Li.H2O/c1-5-36-26(33)19-15-30-31(16-19)17-25(32)24-9-8-22-21-7-6-20-14-29(34,18-35-4)13-12-27(20,2)23(21)10-11-28(22,24)3;1-25-10-11-27(33,16-34-3)12-18(25)4-5-19-20-6-7-22(26(20,2)9-8-21(19)25)23(30)15-29-14-17(13-28-29)24(31)32;1-21-10-11-23(26,14-27-3)12-15(21)4-5-16-17-6-7-19(20(25)13-24)22(17,2)9-8-18(16)21;1-2-5-3-6-7-4-5;1-2-3;2-1-3;;;;;/h15-16,20-24,34H,5-14,17-18H2,1-4H3;13-14,18-22,33H,4-12,15-16H2,1-3H3,(H,31,32);15-19,26H,4-14H2,1-3H3;3-4H,2H2,1H3,(H,6,7);3H,2H2,1H3;;3*1H4;;1H2/q;;;;;;;;;+1;/p-1/t20-,21-,22-,23-,24+,27-,28-,29+;18-,19-,20-,21-,22+,25-,26-,27+;15-,16-,17-,18-,19+,21-,22-,23+;;;;;;;;/m000......../s1. The fourth-order valence-corrected chi connectivity index (χ4v) is 27.6. The largest absolute Gasteiger partial charge is 1.00 e. The fourth-order valence-electron chi connectivity index (χ4n) is 27.2. The van der Waals surface area contributed by atoms with E-state index >= 15 is 0 Å². The van der Waals surface area contributed by atoms with Gasteiger partial charge in [-0.3, -0.25) is 28.8 Å². The maximum atomic E-state index is 13.5. The number of aliphatic hydroxyl groups is 4. The Hall–Kier alpha value is -4.28. The zero-order chi connectivity index (χ0) is 80.0. The zero-order valence-electron chi connectivity index (χ0n) is 69.9. The minimum absolute atomic E-state index is 0. The molecule has 12 fully saturated rings. The minimum atomic E-state index is -1.02. The Balaban J connectivity index is 0.000000281. The van der Waals surface area contributed by atoms with Crippen molar-refractivity contribution in [3.8, 4) is 0 Å². The van der Waals surface area contributed by atoms with Crippen LogP contribution in [0.2, 0.25) is 0 Å². The second kappa shape index (κ2) is 42.0. The molecule has 3 heterocycles. The summed E-state index contributed by atoms with van der Waals surface area (Å²) in [5.74, 6) is 7.71. The molecular formula is C90H148BrLiN6O17. The van der Waals surface area contributed by atoms with Crippen LogP contribution < -0.4 is 18.9 Å². The fraction of sp³-hybridized carbons (Fsp3) is 0.833. The molecule has 0 aliphatic heterocycles. The number of halogens is 1. The number of hydrogen-bond acceptors (Lipinski definition) is 19. The van der Waals surface area contributed by atoms with Crippen molar-refractivity contribution < 1.29 is 102 Å². The number of fused-ring (bicyclic) bond motifs is 15. The van der Waals surface area contributed by atoms with E-state index in [-0.39, 0.29) is 134 Å². The smallest absolute Gasteiger partial charge is 0.870 e. The number of carbonyl (C=O) groups is 5. The molecule has 3 aromatic heterocycles. The number of aromatic nitrogens is 6. The first-order chi connectivity index (χ1) is 52.3. The van der Waals surface area contributed by atoms with Gasteiger partial charge in [0.05, 0.1) is 91.4 Å². The molecule has 0 aromatic carbocycles. The van der Waals surface area contributed by atoms with Crippen molar-refractivity contribution in [3.63, 3.8) is 0 Å². The number of ether oxygens (including phenoxy) is 4. The Morgan fingerprint density at radius 3 is 1.12 bits per heavy atom. The molecule has 0 radical (unpaired) electrons. The van der Waals surface area contributed by atoms with Crippen molar-refractivity contribution in [1.29, 1.82) is 0 Å². The Morgan fingerprint density at radius 2 is 0.835 bits per heavy atom. The molecule has 0 unspecified atom stereocenters. The van der Waals surface area contributed by atoms with E-state index in [9.17, 15) is 39.3 Å². The number of H-pyrrole nitrogens is 1. The number of carboxylic acids is 1. The van der Waals surface area contributed by atoms with Crippen LogP contribution in [0.5, 0.6) is 0 Å². The molecule has 648 valence electrons. The molecule has 115 heavy (non-hydrogen) atoms. The van der Waals surface area contributed by atoms with E-state index in [1.165, 1.54) is 99.5 Å². The van der Waals surface area contributed by atoms with E-state index in [1.807, 2.05) is 12.4 Å². The topological polar surface area (TPSA) is 352 Å². The molecule has 0 spiro atoms. The number of nitrogens with one attached hydrogen (secondary N) is 1. The van der Waals surface area contributed by atoms with E-state index in [4.69, 9.17) is 38.7 Å². The number of esters is 1. The number of nitrogens with zero attached hydrogens (tertiary/aromatic N) is 5. The van der Waals surface area contributed by atoms with Crippen molar-refractivity contribution in [1.82, 2.24) is 29.8 Å². The number of aliphatic hydroxyl groups excluding tert-OH is 1. The van der Waals surface area contributed by atoms with Crippen molar-refractivity contribution in [2.24, 2.45) is 121 Å². The Morgan fingerprint density at radius 1 is 0.504 bits per heavy atom. The number of carbonyl (C=O) groups excluding carboxylic acids is 6. The van der Waals surface area contributed by atoms with Crippen LogP contribution in [0.1, 0.15) is 284 Å². The number of aromatic carboxylic acids is 1. The van der Waals surface area contributed by atoms with Gasteiger partial charge in [-0.1, -0.05) is 86.7 Å². The van der Waals surface area contributed by atoms with Crippen LogP contribution in [-0.2, 0) is 62.4 Å². The van der Waals surface area contributed by atoms with Crippen LogP contribution in [0.3, 0.4) is 0 Å². The first-order valence-electron chi connectivity index (χ1n) is 42.1. The van der Waals surface area contributed by atoms with Gasteiger partial charge in [-0.15, -0.1) is 0 Å². The molecule has 23 nitrogen and oxygen atoms in total. The maximum absolute atomic E-state index is 13.5. The third-order valence-electron chi connectivity index (χ3n) is 32.6. The predicted octanol–water partition coefficient (Wildman–Crippen LogP) is 13.0. The number of carboxylic acid groups (broad SMARTS) is 1. The first-order valence-corrected chi connectivity index (χ1v) is 43.2. The molecule has 0 amide bonds. The van der Waals surface area contributed by atoms with Crippen LogP contribution in [0, 0.1) is 121 Å². The zero-order valence-corrected chi connectivity index (χ0v) is 71.5. The van der Waals surface area contributed by atoms with Gasteiger partial charge in [0.2, 0.25) is 0 Å². The molecule has 12 aliphatic rings. The average Bonchev–Trinajstić information content (AvgIpc) is 1.62. The molecule has 3 aromatic rings. The first kappa shape index (κ1) is 101. The van der Waals surface area contributed by atoms with Gasteiger partial charge < -0.3 is 50.0 Å². The van der Waals surface area contributed by atoms with Crippen LogP contribution in [-0.4, -0.2) is 173 Å². The summed E-state index contributed by atoms with van der Waals surface area (Å²) < 4.78 is 24.2. The van der Waals surface area contributed by atoms with E-state index < -0.39 is 28.7 Å². The molecule has 0 bridgehead atoms. The predicted molar refractivity (Wildman–Crippen MR) is 440 cm³/mol. The molecule has 12 saturated carbocycles. The second-order valence-corrected chi connectivity index (χ2v) is 38.4. The monoisotopic (exact) mass is 1670 g/mol. The number of methoxy groups -OCH3 is 3. The van der Waals surface area contributed by atoms with Crippen molar-refractivity contribution in [2.75, 3.05) is 59.7 Å². The maximum Gasteiger partial charge on any atom is 1.00 e. The molecule has 25 heteroatoms. The van der Waals surface area contributed by atoms with E-state index in [2.05, 4.69) is 84.8 Å². The molecule has 15 rings (SSSR count). The summed E-state index contributed by atoms with van der Waals surface area (Å²) in [7, 11) is 5.07. The van der Waals surface area contributed by atoms with Crippen molar-refractivity contribution in [2.45, 2.75) is 294 Å². The number of alkyl halides is 1. The van der Waals surface area contributed by atoms with Gasteiger partial charge in [0.1, 0.15) is 5.78 Å². The van der Waals surface area contributed by atoms with Crippen molar-refractivity contribution >= 4 is 51.4 Å². The molecule has 7 N–H and O–H groups in total. The summed E-state index contributed by atoms with van der Waals surface area (Å²) in [5.41, 5.74) is 1.04. The Bertz CT molecular complexity index is 3630. The third kappa shape index (κ3) is 20.7. The normalized spacial score (nSPS) is 38.9. The van der Waals surface area contributed by atoms with E-state index in [1.54, 1.807) is 46.1 Å². The van der Waals surface area contributed by atoms with Crippen LogP contribution in [0.15, 0.2) is 37.2 Å². The van der Waals surface area contributed by atoms with Crippen LogP contribution in [0.4, 0.5) is 0 Å². The summed E-state index contributed by atoms with van der Waals surface area (Å²) in [6, 6.07) is 0. The Kier molecular flexibility index (Phi) is 37.0. The number of Topliss-reactive ketones (excluding diaryl/α,β-unsaturated/α-hetero) is 3. The summed E-state index contributed by atoms with van der Waals surface area (Å²) in [6.45, 7) is 22.5. The third-order valence-corrected chi connectivity index (χ3v) is 33.2. The van der Waals surface area contributed by atoms with E-state index in [0.717, 1.165) is 127 Å². The van der Waals surface area contributed by atoms with Gasteiger partial charge in [-0.05, 0) is 303 Å². The van der Waals surface area contributed by atoms with Gasteiger partial charge in [0, 0.05) is 64.3 Å². The summed E-state index contributed by atoms with van der Waals surface area (Å²) in [4.78, 5) is 78.9. The summed E-state index contributed by atoms with van der Waals surface area (Å²) >= 11 is 3.43. The number of hydrogen-bond donors (Lipinski definition) is 6. The van der Waals surface area contributed by atoms with Crippen molar-refractivity contribution in [3.05, 3.63) is 53.9 Å². The molecular weight excluding hydrogens is 1520 g/mol.